The van der Waals surface area contributed by atoms with Crippen LogP contribution in [0.4, 0.5) is 0 Å². The minimum atomic E-state index is 0.705. The molecular weight excluding hydrogens is 274 g/mol. The molecule has 1 aliphatic heterocycles. The Labute approximate surface area is 134 Å². The number of likely N-dealkylation sites (tertiary alicyclic amines) is 1. The standard InChI is InChI=1S/C17H31N5/c1-5-14(6-2)10-19-17(18-3)22-8-7-15(13-22)9-16-11-20-21(4)12-16/h11-12,14-15H,5-10,13H2,1-4H3,(H,18,19). The fraction of sp³-hybridized carbons (Fsp3) is 0.765. The lowest BCUT2D eigenvalue weighted by Crippen LogP contribution is -2.42. The van der Waals surface area contributed by atoms with Crippen LogP contribution in [0.1, 0.15) is 38.7 Å². The van der Waals surface area contributed by atoms with E-state index in [4.69, 9.17) is 0 Å². The van der Waals surface area contributed by atoms with Gasteiger partial charge in [0.05, 0.1) is 6.20 Å². The minimum Gasteiger partial charge on any atom is -0.356 e. The van der Waals surface area contributed by atoms with Gasteiger partial charge in [-0.05, 0) is 30.2 Å². The van der Waals surface area contributed by atoms with Crippen LogP contribution in [-0.2, 0) is 13.5 Å². The first-order valence-electron chi connectivity index (χ1n) is 8.59. The van der Waals surface area contributed by atoms with Crippen molar-refractivity contribution in [2.75, 3.05) is 26.7 Å². The summed E-state index contributed by atoms with van der Waals surface area (Å²) in [5.41, 5.74) is 1.34. The summed E-state index contributed by atoms with van der Waals surface area (Å²) in [6, 6.07) is 0. The Morgan fingerprint density at radius 3 is 2.82 bits per heavy atom. The van der Waals surface area contributed by atoms with Gasteiger partial charge in [-0.25, -0.2) is 0 Å². The Bertz CT molecular complexity index is 475. The van der Waals surface area contributed by atoms with Crippen LogP contribution in [0.3, 0.4) is 0 Å². The molecule has 0 radical (unpaired) electrons. The highest BCUT2D eigenvalue weighted by atomic mass is 15.3. The van der Waals surface area contributed by atoms with Crippen molar-refractivity contribution in [2.24, 2.45) is 23.9 Å². The van der Waals surface area contributed by atoms with E-state index < -0.39 is 0 Å². The number of rotatable bonds is 6. The van der Waals surface area contributed by atoms with Gasteiger partial charge in [0, 0.05) is 39.9 Å². The smallest absolute Gasteiger partial charge is 0.193 e. The maximum atomic E-state index is 4.47. The Morgan fingerprint density at radius 1 is 1.45 bits per heavy atom. The first-order valence-corrected chi connectivity index (χ1v) is 8.59. The predicted molar refractivity (Wildman–Crippen MR) is 92.0 cm³/mol. The van der Waals surface area contributed by atoms with Gasteiger partial charge in [-0.15, -0.1) is 0 Å². The average molecular weight is 305 g/mol. The summed E-state index contributed by atoms with van der Waals surface area (Å²) >= 11 is 0. The largest absolute Gasteiger partial charge is 0.356 e. The van der Waals surface area contributed by atoms with Crippen LogP contribution in [-0.4, -0.2) is 47.3 Å². The molecule has 22 heavy (non-hydrogen) atoms. The molecule has 0 bridgehead atoms. The van der Waals surface area contributed by atoms with Gasteiger partial charge >= 0.3 is 0 Å². The third-order valence-corrected chi connectivity index (χ3v) is 4.78. The molecule has 1 N–H and O–H groups in total. The van der Waals surface area contributed by atoms with Crippen molar-refractivity contribution in [3.05, 3.63) is 18.0 Å². The highest BCUT2D eigenvalue weighted by Gasteiger charge is 2.25. The second-order valence-electron chi connectivity index (χ2n) is 6.44. The van der Waals surface area contributed by atoms with Gasteiger partial charge in [-0.2, -0.15) is 5.10 Å². The molecule has 2 rings (SSSR count). The summed E-state index contributed by atoms with van der Waals surface area (Å²) in [6.07, 6.45) is 8.92. The number of hydrogen-bond acceptors (Lipinski definition) is 2. The molecule has 1 fully saturated rings. The molecule has 1 aromatic heterocycles. The normalized spacial score (nSPS) is 19.2. The fourth-order valence-electron chi connectivity index (χ4n) is 3.25. The maximum Gasteiger partial charge on any atom is 0.193 e. The first kappa shape index (κ1) is 16.8. The van der Waals surface area contributed by atoms with E-state index >= 15 is 0 Å². The van der Waals surface area contributed by atoms with Gasteiger partial charge < -0.3 is 10.2 Å². The lowest BCUT2D eigenvalue weighted by atomic mass is 10.0. The number of aryl methyl sites for hydroxylation is 1. The van der Waals surface area contributed by atoms with Gasteiger partial charge in [0.15, 0.2) is 5.96 Å². The lowest BCUT2D eigenvalue weighted by molar-refractivity contribution is 0.434. The Morgan fingerprint density at radius 2 is 2.23 bits per heavy atom. The van der Waals surface area contributed by atoms with Gasteiger partial charge in [0.2, 0.25) is 0 Å². The fourth-order valence-corrected chi connectivity index (χ4v) is 3.25. The van der Waals surface area contributed by atoms with E-state index in [1.54, 1.807) is 0 Å². The van der Waals surface area contributed by atoms with E-state index in [-0.39, 0.29) is 0 Å². The molecule has 1 aromatic rings. The molecule has 124 valence electrons. The van der Waals surface area contributed by atoms with Crippen molar-refractivity contribution in [1.29, 1.82) is 0 Å². The second-order valence-corrected chi connectivity index (χ2v) is 6.44. The van der Waals surface area contributed by atoms with Crippen molar-refractivity contribution in [1.82, 2.24) is 20.0 Å². The van der Waals surface area contributed by atoms with Crippen molar-refractivity contribution < 1.29 is 0 Å². The molecule has 0 spiro atoms. The molecule has 1 atom stereocenters. The van der Waals surface area contributed by atoms with Gasteiger partial charge in [0.1, 0.15) is 0 Å². The molecule has 1 saturated heterocycles. The zero-order valence-corrected chi connectivity index (χ0v) is 14.5. The Kier molecular flexibility index (Phi) is 6.28. The van der Waals surface area contributed by atoms with E-state index in [2.05, 4.69) is 40.4 Å². The lowest BCUT2D eigenvalue weighted by Gasteiger charge is -2.23. The van der Waals surface area contributed by atoms with Crippen LogP contribution in [0.15, 0.2) is 17.4 Å². The zero-order valence-electron chi connectivity index (χ0n) is 14.5. The van der Waals surface area contributed by atoms with E-state index in [0.717, 1.165) is 37.9 Å². The SMILES string of the molecule is CCC(CC)CNC(=NC)N1CCC(Cc2cnn(C)c2)C1. The third-order valence-electron chi connectivity index (χ3n) is 4.78. The van der Waals surface area contributed by atoms with Crippen LogP contribution < -0.4 is 5.32 Å². The molecule has 1 aliphatic rings. The number of aromatic nitrogens is 2. The molecule has 0 saturated carbocycles. The summed E-state index contributed by atoms with van der Waals surface area (Å²) in [7, 11) is 3.87. The number of guanidine groups is 1. The molecule has 0 aliphatic carbocycles. The monoisotopic (exact) mass is 305 g/mol. The summed E-state index contributed by atoms with van der Waals surface area (Å²) in [5, 5.41) is 7.82. The average Bonchev–Trinajstić information content (AvgIpc) is 3.14. The molecule has 1 unspecified atom stereocenters. The third kappa shape index (κ3) is 4.49. The zero-order chi connectivity index (χ0) is 15.9. The summed E-state index contributed by atoms with van der Waals surface area (Å²) in [4.78, 5) is 6.88. The summed E-state index contributed by atoms with van der Waals surface area (Å²) in [6.45, 7) is 7.76. The van der Waals surface area contributed by atoms with Crippen molar-refractivity contribution in [3.8, 4) is 0 Å². The Balaban J connectivity index is 1.82. The van der Waals surface area contributed by atoms with E-state index in [1.165, 1.54) is 24.8 Å². The molecule has 0 amide bonds. The molecule has 5 heteroatoms. The molecule has 5 nitrogen and oxygen atoms in total. The van der Waals surface area contributed by atoms with Gasteiger partial charge in [0.25, 0.3) is 0 Å². The maximum absolute atomic E-state index is 4.47. The van der Waals surface area contributed by atoms with E-state index in [1.807, 2.05) is 25.0 Å². The number of nitrogens with one attached hydrogen (secondary N) is 1. The topological polar surface area (TPSA) is 45.5 Å². The van der Waals surface area contributed by atoms with Crippen LogP contribution in [0.25, 0.3) is 0 Å². The van der Waals surface area contributed by atoms with Crippen molar-refractivity contribution in [2.45, 2.75) is 39.5 Å². The quantitative estimate of drug-likeness (QED) is 0.648. The first-order chi connectivity index (χ1) is 10.7. The highest BCUT2D eigenvalue weighted by molar-refractivity contribution is 5.80. The molecule has 0 aromatic carbocycles. The van der Waals surface area contributed by atoms with Crippen LogP contribution in [0.2, 0.25) is 0 Å². The number of nitrogens with zero attached hydrogens (tertiary/aromatic N) is 4. The summed E-state index contributed by atoms with van der Waals surface area (Å²) in [5.74, 6) is 2.52. The van der Waals surface area contributed by atoms with Gasteiger partial charge in [-0.3, -0.25) is 9.67 Å². The summed E-state index contributed by atoms with van der Waals surface area (Å²) < 4.78 is 1.89. The molecular formula is C17H31N5. The molecule has 2 heterocycles. The Hall–Kier alpha value is -1.52. The predicted octanol–water partition coefficient (Wildman–Crippen LogP) is 2.30. The van der Waals surface area contributed by atoms with Crippen molar-refractivity contribution >= 4 is 5.96 Å². The second kappa shape index (κ2) is 8.20. The van der Waals surface area contributed by atoms with Crippen LogP contribution >= 0.6 is 0 Å². The minimum absolute atomic E-state index is 0.705. The number of hydrogen-bond donors (Lipinski definition) is 1. The van der Waals surface area contributed by atoms with E-state index in [9.17, 15) is 0 Å². The van der Waals surface area contributed by atoms with Crippen LogP contribution in [0, 0.1) is 11.8 Å². The van der Waals surface area contributed by atoms with Gasteiger partial charge in [-0.1, -0.05) is 26.7 Å². The number of aliphatic imine (C=N–C) groups is 1. The highest BCUT2D eigenvalue weighted by Crippen LogP contribution is 2.20. The van der Waals surface area contributed by atoms with Crippen LogP contribution in [0.5, 0.6) is 0 Å². The van der Waals surface area contributed by atoms with Crippen molar-refractivity contribution in [3.63, 3.8) is 0 Å². The van der Waals surface area contributed by atoms with E-state index in [0.29, 0.717) is 5.92 Å².